The van der Waals surface area contributed by atoms with Gasteiger partial charge >= 0.3 is 0 Å². The summed E-state index contributed by atoms with van der Waals surface area (Å²) in [5, 5.41) is 19.3. The summed E-state index contributed by atoms with van der Waals surface area (Å²) >= 11 is 0. The maximum absolute atomic E-state index is 12.7. The molecule has 1 fully saturated rings. The van der Waals surface area contributed by atoms with Crippen molar-refractivity contribution < 1.29 is 17.7 Å². The van der Waals surface area contributed by atoms with E-state index in [2.05, 4.69) is 0 Å². The van der Waals surface area contributed by atoms with Crippen LogP contribution in [0.25, 0.3) is 0 Å². The molecular formula is C22H25NO3. The summed E-state index contributed by atoms with van der Waals surface area (Å²) in [7, 11) is 0. The second-order valence-electron chi connectivity index (χ2n) is 7.41. The Morgan fingerprint density at radius 1 is 1.08 bits per heavy atom. The fourth-order valence-corrected chi connectivity index (χ4v) is 4.16. The van der Waals surface area contributed by atoms with Crippen LogP contribution in [0.15, 0.2) is 42.5 Å². The molecule has 1 aliphatic heterocycles. The van der Waals surface area contributed by atoms with E-state index in [1.165, 1.54) is 12.1 Å². The van der Waals surface area contributed by atoms with Crippen molar-refractivity contribution in [2.24, 2.45) is 11.8 Å². The first-order chi connectivity index (χ1) is 13.4. The fourth-order valence-electron chi connectivity index (χ4n) is 4.16. The van der Waals surface area contributed by atoms with Gasteiger partial charge in [-0.2, -0.15) is 0 Å². The highest BCUT2D eigenvalue weighted by molar-refractivity contribution is 6.02. The van der Waals surface area contributed by atoms with Gasteiger partial charge in [0.25, 0.3) is 0 Å². The van der Waals surface area contributed by atoms with E-state index in [0.29, 0.717) is 36.6 Å². The SMILES string of the molecule is [2H]C([2H])(c1ccccc1)N1CCC(CC2Cc3cc(O)c(O)cc3C2=O)CC1. The first kappa shape index (κ1) is 14.8. The number of piperidine rings is 1. The minimum absolute atomic E-state index is 0.0485. The fraction of sp³-hybridized carbons (Fsp3) is 0.409. The monoisotopic (exact) mass is 353 g/mol. The molecule has 0 bridgehead atoms. The Balaban J connectivity index is 1.37. The molecule has 4 nitrogen and oxygen atoms in total. The minimum atomic E-state index is -1.49. The van der Waals surface area contributed by atoms with Gasteiger partial charge in [0.2, 0.25) is 0 Å². The van der Waals surface area contributed by atoms with Crippen molar-refractivity contribution >= 4 is 5.78 Å². The summed E-state index contributed by atoms with van der Waals surface area (Å²) in [6.45, 7) is -0.148. The van der Waals surface area contributed by atoms with Crippen LogP contribution in [0.2, 0.25) is 0 Å². The molecule has 1 unspecified atom stereocenters. The number of nitrogens with zero attached hydrogens (tertiary/aromatic N) is 1. The number of ketones is 1. The van der Waals surface area contributed by atoms with E-state index in [1.54, 1.807) is 0 Å². The number of hydrogen-bond acceptors (Lipinski definition) is 4. The first-order valence-electron chi connectivity index (χ1n) is 10.3. The molecule has 2 N–H and O–H groups in total. The molecule has 1 atom stereocenters. The van der Waals surface area contributed by atoms with Gasteiger partial charge in [0, 0.05) is 20.7 Å². The van der Waals surface area contributed by atoms with Crippen LogP contribution in [0, 0.1) is 11.8 Å². The molecule has 1 heterocycles. The standard InChI is InChI=1S/C22H25NO3/c24-20-12-17-11-18(22(26)19(17)13-21(20)25)10-15-6-8-23(9-7-15)14-16-4-2-1-3-5-16/h1-5,12-13,15,18,24-25H,6-11,14H2/i14D2. The van der Waals surface area contributed by atoms with Gasteiger partial charge in [-0.1, -0.05) is 30.3 Å². The van der Waals surface area contributed by atoms with Gasteiger partial charge in [0.05, 0.1) is 0 Å². The molecule has 136 valence electrons. The van der Waals surface area contributed by atoms with E-state index >= 15 is 0 Å². The Morgan fingerprint density at radius 2 is 1.77 bits per heavy atom. The lowest BCUT2D eigenvalue weighted by atomic mass is 9.85. The summed E-state index contributed by atoms with van der Waals surface area (Å²) in [4.78, 5) is 14.6. The van der Waals surface area contributed by atoms with Gasteiger partial charge in [-0.25, -0.2) is 0 Å². The van der Waals surface area contributed by atoms with Crippen LogP contribution >= 0.6 is 0 Å². The highest BCUT2D eigenvalue weighted by Crippen LogP contribution is 2.38. The van der Waals surface area contributed by atoms with Gasteiger partial charge in [-0.05, 0) is 68.0 Å². The van der Waals surface area contributed by atoms with Crippen LogP contribution in [0.3, 0.4) is 0 Å². The number of hydrogen-bond donors (Lipinski definition) is 2. The third-order valence-corrected chi connectivity index (χ3v) is 5.60. The van der Waals surface area contributed by atoms with Crippen molar-refractivity contribution in [3.63, 3.8) is 0 Å². The van der Waals surface area contributed by atoms with E-state index in [4.69, 9.17) is 2.74 Å². The number of Topliss-reactive ketones (excluding diaryl/α,β-unsaturated/α-hetero) is 1. The van der Waals surface area contributed by atoms with Gasteiger partial charge in [0.15, 0.2) is 17.3 Å². The van der Waals surface area contributed by atoms with E-state index in [0.717, 1.165) is 24.8 Å². The molecule has 1 saturated heterocycles. The number of aromatic hydroxyl groups is 2. The molecule has 4 rings (SSSR count). The van der Waals surface area contributed by atoms with Crippen LogP contribution in [0.4, 0.5) is 0 Å². The second-order valence-corrected chi connectivity index (χ2v) is 7.41. The van der Waals surface area contributed by atoms with E-state index in [-0.39, 0.29) is 23.2 Å². The lowest BCUT2D eigenvalue weighted by Crippen LogP contribution is -2.34. The summed E-state index contributed by atoms with van der Waals surface area (Å²) in [6, 6.07) is 12.1. The largest absolute Gasteiger partial charge is 0.504 e. The number of phenolic OH excluding ortho intramolecular Hbond substituents is 2. The molecule has 0 spiro atoms. The predicted octanol–water partition coefficient (Wildman–Crippen LogP) is 3.76. The molecule has 26 heavy (non-hydrogen) atoms. The third-order valence-electron chi connectivity index (χ3n) is 5.60. The molecule has 0 amide bonds. The Morgan fingerprint density at radius 3 is 2.50 bits per heavy atom. The van der Waals surface area contributed by atoms with Crippen molar-refractivity contribution in [2.75, 3.05) is 13.1 Å². The summed E-state index contributed by atoms with van der Waals surface area (Å²) in [6.07, 6.45) is 3.11. The number of rotatable bonds is 4. The van der Waals surface area contributed by atoms with Crippen LogP contribution in [-0.4, -0.2) is 34.0 Å². The predicted molar refractivity (Wildman–Crippen MR) is 100 cm³/mol. The van der Waals surface area contributed by atoms with Crippen molar-refractivity contribution in [3.05, 3.63) is 59.2 Å². The average molecular weight is 353 g/mol. The highest BCUT2D eigenvalue weighted by atomic mass is 16.3. The molecule has 0 saturated carbocycles. The molecule has 0 radical (unpaired) electrons. The van der Waals surface area contributed by atoms with Crippen molar-refractivity contribution in [3.8, 4) is 11.5 Å². The lowest BCUT2D eigenvalue weighted by Gasteiger charge is -2.32. The van der Waals surface area contributed by atoms with Crippen molar-refractivity contribution in [2.45, 2.75) is 32.2 Å². The number of carbonyl (C=O) groups is 1. The Bertz CT molecular complexity index is 877. The topological polar surface area (TPSA) is 60.8 Å². The Kier molecular flexibility index (Phi) is 4.05. The normalized spacial score (nSPS) is 22.8. The molecule has 0 aromatic heterocycles. The lowest BCUT2D eigenvalue weighted by molar-refractivity contribution is 0.0895. The molecule has 2 aliphatic rings. The van der Waals surface area contributed by atoms with Crippen molar-refractivity contribution in [1.82, 2.24) is 4.90 Å². The number of carbonyl (C=O) groups excluding carboxylic acids is 1. The van der Waals surface area contributed by atoms with E-state index in [1.807, 2.05) is 35.2 Å². The Labute approximate surface area is 156 Å². The molecular weight excluding hydrogens is 326 g/mol. The smallest absolute Gasteiger partial charge is 0.166 e. The maximum atomic E-state index is 12.7. The number of phenols is 2. The second kappa shape index (κ2) is 7.12. The van der Waals surface area contributed by atoms with Crippen LogP contribution in [0.5, 0.6) is 11.5 Å². The summed E-state index contributed by atoms with van der Waals surface area (Å²) in [5.74, 6) is -0.105. The highest BCUT2D eigenvalue weighted by Gasteiger charge is 2.34. The molecule has 4 heteroatoms. The number of benzene rings is 2. The van der Waals surface area contributed by atoms with Crippen LogP contribution in [-0.2, 0) is 12.9 Å². The van der Waals surface area contributed by atoms with Crippen LogP contribution in [0.1, 0.15) is 43.5 Å². The maximum Gasteiger partial charge on any atom is 0.166 e. The summed E-state index contributed by atoms with van der Waals surface area (Å²) < 4.78 is 17.0. The quantitative estimate of drug-likeness (QED) is 0.822. The first-order valence-corrected chi connectivity index (χ1v) is 9.26. The third kappa shape index (κ3) is 3.47. The van der Waals surface area contributed by atoms with Gasteiger partial charge < -0.3 is 10.2 Å². The van der Waals surface area contributed by atoms with Gasteiger partial charge in [0.1, 0.15) is 0 Å². The van der Waals surface area contributed by atoms with Gasteiger partial charge in [-0.3, -0.25) is 9.69 Å². The zero-order valence-electron chi connectivity index (χ0n) is 16.7. The van der Waals surface area contributed by atoms with Gasteiger partial charge in [-0.15, -0.1) is 0 Å². The van der Waals surface area contributed by atoms with Crippen LogP contribution < -0.4 is 0 Å². The Hall–Kier alpha value is -2.33. The minimum Gasteiger partial charge on any atom is -0.504 e. The van der Waals surface area contributed by atoms with E-state index in [9.17, 15) is 15.0 Å². The molecule has 2 aromatic carbocycles. The molecule has 1 aliphatic carbocycles. The molecule has 2 aromatic rings. The zero-order valence-corrected chi connectivity index (χ0v) is 14.7. The summed E-state index contributed by atoms with van der Waals surface area (Å²) in [5.41, 5.74) is 2.01. The zero-order chi connectivity index (χ0) is 19.9. The average Bonchev–Trinajstić information content (AvgIpc) is 2.98. The van der Waals surface area contributed by atoms with Crippen molar-refractivity contribution in [1.29, 1.82) is 0 Å². The van der Waals surface area contributed by atoms with E-state index < -0.39 is 6.50 Å². The number of fused-ring (bicyclic) bond motifs is 1. The number of likely N-dealkylation sites (tertiary alicyclic amines) is 1.